The van der Waals surface area contributed by atoms with Crippen molar-refractivity contribution in [2.75, 3.05) is 13.1 Å². The van der Waals surface area contributed by atoms with E-state index in [4.69, 9.17) is 5.11 Å². The zero-order valence-electron chi connectivity index (χ0n) is 11.2. The molecule has 1 atom stereocenters. The summed E-state index contributed by atoms with van der Waals surface area (Å²) in [7, 11) is 0. The lowest BCUT2D eigenvalue weighted by Gasteiger charge is -2.22. The molecule has 1 unspecified atom stereocenters. The first-order chi connectivity index (χ1) is 9.35. The Morgan fingerprint density at radius 2 is 2.25 bits per heavy atom. The summed E-state index contributed by atoms with van der Waals surface area (Å²) in [4.78, 5) is 34.0. The Balaban J connectivity index is 2.66. The number of amides is 1. The largest absolute Gasteiger partial charge is 0.481 e. The molecule has 1 aromatic rings. The molecular weight excluding hydrogens is 268 g/mol. The van der Waals surface area contributed by atoms with Crippen molar-refractivity contribution in [2.45, 2.75) is 20.4 Å². The minimum absolute atomic E-state index is 0.0913. The summed E-state index contributed by atoms with van der Waals surface area (Å²) >= 11 is 0. The highest BCUT2D eigenvalue weighted by Gasteiger charge is 2.20. The summed E-state index contributed by atoms with van der Waals surface area (Å²) < 4.78 is 1.16. The van der Waals surface area contributed by atoms with Gasteiger partial charge in [-0.25, -0.2) is 0 Å². The number of nitrogens with zero attached hydrogens (tertiary/aromatic N) is 4. The van der Waals surface area contributed by atoms with Crippen LogP contribution in [0.5, 0.6) is 0 Å². The highest BCUT2D eigenvalue weighted by molar-refractivity contribution is 5.77. The molecule has 0 saturated carbocycles. The van der Waals surface area contributed by atoms with Gasteiger partial charge in [-0.15, -0.1) is 0 Å². The Hall–Kier alpha value is -2.45. The third-order valence-corrected chi connectivity index (χ3v) is 2.78. The molecule has 0 aliphatic rings. The van der Waals surface area contributed by atoms with Crippen molar-refractivity contribution in [1.29, 1.82) is 0 Å². The number of hydrogen-bond donors (Lipinski definition) is 1. The highest BCUT2D eigenvalue weighted by Crippen LogP contribution is 2.08. The number of carboxylic acid groups (broad SMARTS) is 1. The zero-order valence-corrected chi connectivity index (χ0v) is 11.2. The third-order valence-electron chi connectivity index (χ3n) is 2.78. The van der Waals surface area contributed by atoms with Crippen LogP contribution in [0.25, 0.3) is 0 Å². The van der Waals surface area contributed by atoms with Gasteiger partial charge in [0.15, 0.2) is 0 Å². The standard InChI is InChI=1S/C11H16N4O5/c1-3-13(5-8(2)11(17)18)10(16)7-14-6-9(4-12-14)15(19)20/h4,6,8H,3,5,7H2,1-2H3,(H,17,18). The van der Waals surface area contributed by atoms with E-state index in [0.29, 0.717) is 6.54 Å². The van der Waals surface area contributed by atoms with Gasteiger partial charge >= 0.3 is 11.7 Å². The van der Waals surface area contributed by atoms with Crippen LogP contribution in [0.4, 0.5) is 5.69 Å². The predicted molar refractivity (Wildman–Crippen MR) is 67.9 cm³/mol. The van der Waals surface area contributed by atoms with Crippen molar-refractivity contribution >= 4 is 17.6 Å². The fraction of sp³-hybridized carbons (Fsp3) is 0.545. The lowest BCUT2D eigenvalue weighted by atomic mass is 10.1. The average Bonchev–Trinajstić information content (AvgIpc) is 2.83. The number of rotatable bonds is 7. The van der Waals surface area contributed by atoms with E-state index >= 15 is 0 Å². The van der Waals surface area contributed by atoms with Crippen LogP contribution in [0.15, 0.2) is 12.4 Å². The van der Waals surface area contributed by atoms with Crippen molar-refractivity contribution in [3.8, 4) is 0 Å². The number of carbonyl (C=O) groups excluding carboxylic acids is 1. The monoisotopic (exact) mass is 284 g/mol. The Bertz CT molecular complexity index is 513. The van der Waals surface area contributed by atoms with Crippen LogP contribution in [0, 0.1) is 16.0 Å². The number of hydrogen-bond acceptors (Lipinski definition) is 5. The lowest BCUT2D eigenvalue weighted by Crippen LogP contribution is -2.38. The van der Waals surface area contributed by atoms with E-state index in [0.717, 1.165) is 17.1 Å². The number of nitro groups is 1. The molecule has 0 radical (unpaired) electrons. The van der Waals surface area contributed by atoms with Gasteiger partial charge in [0.2, 0.25) is 5.91 Å². The Morgan fingerprint density at radius 1 is 1.60 bits per heavy atom. The minimum atomic E-state index is -0.981. The van der Waals surface area contributed by atoms with Crippen LogP contribution in [0.1, 0.15) is 13.8 Å². The van der Waals surface area contributed by atoms with Gasteiger partial charge in [0.1, 0.15) is 18.9 Å². The molecule has 110 valence electrons. The topological polar surface area (TPSA) is 119 Å². The highest BCUT2D eigenvalue weighted by atomic mass is 16.6. The molecule has 20 heavy (non-hydrogen) atoms. The molecule has 1 rings (SSSR count). The summed E-state index contributed by atoms with van der Waals surface area (Å²) in [6.07, 6.45) is 2.22. The SMILES string of the molecule is CCN(CC(C)C(=O)O)C(=O)Cn1cc([N+](=O)[O-])cn1. The average molecular weight is 284 g/mol. The molecule has 0 aromatic carbocycles. The first kappa shape index (κ1) is 15.6. The molecule has 1 heterocycles. The van der Waals surface area contributed by atoms with Crippen LogP contribution in [-0.2, 0) is 16.1 Å². The Morgan fingerprint density at radius 3 is 2.70 bits per heavy atom. The molecule has 1 N–H and O–H groups in total. The second-order valence-corrected chi connectivity index (χ2v) is 4.32. The molecule has 1 aromatic heterocycles. The van der Waals surface area contributed by atoms with Gasteiger partial charge < -0.3 is 10.0 Å². The van der Waals surface area contributed by atoms with E-state index < -0.39 is 16.8 Å². The molecule has 0 spiro atoms. The number of aliphatic carboxylic acids is 1. The Labute approximate surface area is 114 Å². The van der Waals surface area contributed by atoms with Crippen LogP contribution in [0.2, 0.25) is 0 Å². The fourth-order valence-electron chi connectivity index (χ4n) is 1.59. The number of aromatic nitrogens is 2. The first-order valence-electron chi connectivity index (χ1n) is 6.02. The van der Waals surface area contributed by atoms with E-state index in [1.54, 1.807) is 6.92 Å². The van der Waals surface area contributed by atoms with E-state index in [1.165, 1.54) is 11.8 Å². The minimum Gasteiger partial charge on any atom is -0.481 e. The second kappa shape index (κ2) is 6.64. The third kappa shape index (κ3) is 4.04. The van der Waals surface area contributed by atoms with E-state index in [2.05, 4.69) is 5.10 Å². The van der Waals surface area contributed by atoms with Gasteiger partial charge in [-0.1, -0.05) is 6.92 Å². The molecule has 0 fully saturated rings. The van der Waals surface area contributed by atoms with E-state index in [9.17, 15) is 19.7 Å². The van der Waals surface area contributed by atoms with Crippen molar-refractivity contribution in [3.05, 3.63) is 22.5 Å². The van der Waals surface area contributed by atoms with Crippen LogP contribution >= 0.6 is 0 Å². The zero-order chi connectivity index (χ0) is 15.3. The molecule has 0 aliphatic heterocycles. The van der Waals surface area contributed by atoms with Gasteiger partial charge in [0, 0.05) is 13.1 Å². The van der Waals surface area contributed by atoms with Gasteiger partial charge in [-0.05, 0) is 6.92 Å². The van der Waals surface area contributed by atoms with Gasteiger partial charge in [-0.2, -0.15) is 5.10 Å². The van der Waals surface area contributed by atoms with Gasteiger partial charge in [-0.3, -0.25) is 24.4 Å². The predicted octanol–water partition coefficient (Wildman–Crippen LogP) is 0.360. The molecular formula is C11H16N4O5. The van der Waals surface area contributed by atoms with Crippen molar-refractivity contribution in [3.63, 3.8) is 0 Å². The fourth-order valence-corrected chi connectivity index (χ4v) is 1.59. The molecule has 0 aliphatic carbocycles. The van der Waals surface area contributed by atoms with Crippen molar-refractivity contribution in [2.24, 2.45) is 5.92 Å². The van der Waals surface area contributed by atoms with Gasteiger partial charge in [0.25, 0.3) is 0 Å². The number of likely N-dealkylation sites (N-methyl/N-ethyl adjacent to an activating group) is 1. The summed E-state index contributed by atoms with van der Waals surface area (Å²) in [5.74, 6) is -1.99. The number of carboxylic acids is 1. The summed E-state index contributed by atoms with van der Waals surface area (Å²) in [6.45, 7) is 3.54. The molecule has 9 heteroatoms. The molecule has 0 bridgehead atoms. The van der Waals surface area contributed by atoms with E-state index in [1.807, 2.05) is 0 Å². The quantitative estimate of drug-likeness (QED) is 0.570. The Kier molecular flexibility index (Phi) is 5.18. The maximum Gasteiger partial charge on any atom is 0.308 e. The maximum absolute atomic E-state index is 12.0. The summed E-state index contributed by atoms with van der Waals surface area (Å²) in [5.41, 5.74) is -0.195. The number of carbonyl (C=O) groups is 2. The van der Waals surface area contributed by atoms with Crippen LogP contribution < -0.4 is 0 Å². The molecule has 9 nitrogen and oxygen atoms in total. The van der Waals surface area contributed by atoms with Crippen molar-refractivity contribution < 1.29 is 19.6 Å². The molecule has 1 amide bonds. The van der Waals surface area contributed by atoms with Crippen LogP contribution in [-0.4, -0.2) is 49.7 Å². The summed E-state index contributed by atoms with van der Waals surface area (Å²) in [6, 6.07) is 0. The van der Waals surface area contributed by atoms with Gasteiger partial charge in [0.05, 0.1) is 10.8 Å². The van der Waals surface area contributed by atoms with Crippen LogP contribution in [0.3, 0.4) is 0 Å². The smallest absolute Gasteiger partial charge is 0.308 e. The maximum atomic E-state index is 12.0. The van der Waals surface area contributed by atoms with Crippen molar-refractivity contribution in [1.82, 2.24) is 14.7 Å². The molecule has 0 saturated heterocycles. The first-order valence-corrected chi connectivity index (χ1v) is 6.02. The van der Waals surface area contributed by atoms with E-state index in [-0.39, 0.29) is 24.7 Å². The summed E-state index contributed by atoms with van der Waals surface area (Å²) in [5, 5.41) is 23.1. The lowest BCUT2D eigenvalue weighted by molar-refractivity contribution is -0.385. The normalized spacial score (nSPS) is 11.9. The second-order valence-electron chi connectivity index (χ2n) is 4.32.